The Labute approximate surface area is 155 Å². The first-order chi connectivity index (χ1) is 12.9. The number of anilines is 1. The van der Waals surface area contributed by atoms with Gasteiger partial charge < -0.3 is 10.1 Å². The molecule has 1 N–H and O–H groups in total. The van der Waals surface area contributed by atoms with Crippen LogP contribution in [0.2, 0.25) is 0 Å². The van der Waals surface area contributed by atoms with Crippen LogP contribution in [-0.2, 0) is 23.9 Å². The van der Waals surface area contributed by atoms with Gasteiger partial charge in [0, 0.05) is 0 Å². The van der Waals surface area contributed by atoms with Gasteiger partial charge in [-0.15, -0.1) is 0 Å². The van der Waals surface area contributed by atoms with Crippen molar-refractivity contribution in [1.29, 1.82) is 0 Å². The molecule has 0 radical (unpaired) electrons. The van der Waals surface area contributed by atoms with Gasteiger partial charge in [0.2, 0.25) is 11.8 Å². The maximum Gasteiger partial charge on any atom is 0.329 e. The fourth-order valence-corrected chi connectivity index (χ4v) is 3.32. The molecule has 8 heteroatoms. The maximum absolute atomic E-state index is 13.5. The van der Waals surface area contributed by atoms with Gasteiger partial charge in [-0.3, -0.25) is 19.3 Å². The number of fused-ring (bicyclic) bond motifs is 1. The molecule has 0 unspecified atom stereocenters. The van der Waals surface area contributed by atoms with Gasteiger partial charge in [0.1, 0.15) is 11.9 Å². The minimum atomic E-state index is -1.13. The van der Waals surface area contributed by atoms with Gasteiger partial charge in [0.05, 0.1) is 17.5 Å². The van der Waals surface area contributed by atoms with Crippen molar-refractivity contribution < 1.29 is 28.3 Å². The number of imide groups is 1. The Hall–Kier alpha value is -3.03. The SMILES string of the molecule is C[C@@H](C(=O)OCC(=O)Nc1ccccc1F)N1C(=O)[C@@H]2CC=CC[C@H]2C1=O. The number of rotatable bonds is 5. The highest BCUT2D eigenvalue weighted by molar-refractivity contribution is 6.08. The highest BCUT2D eigenvalue weighted by Gasteiger charge is 2.50. The number of esters is 1. The van der Waals surface area contributed by atoms with Crippen molar-refractivity contribution in [2.45, 2.75) is 25.8 Å². The summed E-state index contributed by atoms with van der Waals surface area (Å²) in [6.45, 7) is 0.736. The van der Waals surface area contributed by atoms with E-state index in [0.29, 0.717) is 12.8 Å². The standard InChI is InChI=1S/C19H19FN2O5/c1-11(22-17(24)12-6-2-3-7-13(12)18(22)25)19(26)27-10-16(23)21-15-9-5-4-8-14(15)20/h2-5,8-9,11-13H,6-7,10H2,1H3,(H,21,23)/t11-,12+,13+/m0/s1. The third-order valence-electron chi connectivity index (χ3n) is 4.76. The van der Waals surface area contributed by atoms with Crippen molar-refractivity contribution in [2.75, 3.05) is 11.9 Å². The van der Waals surface area contributed by atoms with E-state index in [1.165, 1.54) is 25.1 Å². The van der Waals surface area contributed by atoms with Crippen molar-refractivity contribution in [2.24, 2.45) is 11.8 Å². The zero-order valence-corrected chi connectivity index (χ0v) is 14.7. The van der Waals surface area contributed by atoms with E-state index >= 15 is 0 Å². The fourth-order valence-electron chi connectivity index (χ4n) is 3.32. The average molecular weight is 374 g/mol. The minimum absolute atomic E-state index is 0.0342. The van der Waals surface area contributed by atoms with E-state index in [-0.39, 0.29) is 5.69 Å². The smallest absolute Gasteiger partial charge is 0.329 e. The van der Waals surface area contributed by atoms with Crippen LogP contribution in [0, 0.1) is 17.7 Å². The second kappa shape index (κ2) is 7.69. The number of ether oxygens (including phenoxy) is 1. The fraction of sp³-hybridized carbons (Fsp3) is 0.368. The number of amides is 3. The lowest BCUT2D eigenvalue weighted by atomic mass is 9.85. The summed E-state index contributed by atoms with van der Waals surface area (Å²) in [5, 5.41) is 2.29. The molecule has 0 saturated carbocycles. The summed E-state index contributed by atoms with van der Waals surface area (Å²) in [5.74, 6) is -3.88. The summed E-state index contributed by atoms with van der Waals surface area (Å²) in [5.41, 5.74) is -0.0342. The number of hydrogen-bond donors (Lipinski definition) is 1. The number of nitrogens with one attached hydrogen (secondary N) is 1. The van der Waals surface area contributed by atoms with Gasteiger partial charge >= 0.3 is 5.97 Å². The Kier molecular flexibility index (Phi) is 5.34. The van der Waals surface area contributed by atoms with Crippen LogP contribution >= 0.6 is 0 Å². The minimum Gasteiger partial charge on any atom is -0.454 e. The van der Waals surface area contributed by atoms with E-state index in [9.17, 15) is 23.6 Å². The van der Waals surface area contributed by atoms with Crippen molar-refractivity contribution in [3.63, 3.8) is 0 Å². The normalized spacial score (nSPS) is 22.4. The highest BCUT2D eigenvalue weighted by Crippen LogP contribution is 2.36. The number of hydrogen-bond acceptors (Lipinski definition) is 5. The number of benzene rings is 1. The van der Waals surface area contributed by atoms with E-state index in [2.05, 4.69) is 5.32 Å². The Bertz CT molecular complexity index is 796. The van der Waals surface area contributed by atoms with Crippen LogP contribution in [0.1, 0.15) is 19.8 Å². The molecule has 3 rings (SSSR count). The molecular formula is C19H19FN2O5. The molecule has 1 aliphatic heterocycles. The molecule has 3 amide bonds. The first kappa shape index (κ1) is 18.8. The van der Waals surface area contributed by atoms with E-state index in [0.717, 1.165) is 4.90 Å². The van der Waals surface area contributed by atoms with Gasteiger partial charge in [-0.05, 0) is 31.9 Å². The van der Waals surface area contributed by atoms with Gasteiger partial charge in [0.15, 0.2) is 6.61 Å². The Balaban J connectivity index is 1.56. The molecule has 7 nitrogen and oxygen atoms in total. The summed E-state index contributed by atoms with van der Waals surface area (Å²) in [7, 11) is 0. The lowest BCUT2D eigenvalue weighted by Crippen LogP contribution is -2.45. The summed E-state index contributed by atoms with van der Waals surface area (Å²) < 4.78 is 18.4. The largest absolute Gasteiger partial charge is 0.454 e. The third kappa shape index (κ3) is 3.74. The first-order valence-electron chi connectivity index (χ1n) is 8.63. The molecule has 1 aromatic carbocycles. The lowest BCUT2D eigenvalue weighted by molar-refractivity contribution is -0.159. The van der Waals surface area contributed by atoms with Crippen LogP contribution in [0.4, 0.5) is 10.1 Å². The molecule has 0 spiro atoms. The zero-order chi connectivity index (χ0) is 19.6. The molecule has 2 aliphatic rings. The number of nitrogens with zero attached hydrogens (tertiary/aromatic N) is 1. The number of halogens is 1. The molecule has 27 heavy (non-hydrogen) atoms. The molecule has 1 heterocycles. The predicted molar refractivity (Wildman–Crippen MR) is 92.7 cm³/mol. The third-order valence-corrected chi connectivity index (χ3v) is 4.76. The van der Waals surface area contributed by atoms with Crippen LogP contribution < -0.4 is 5.32 Å². The van der Waals surface area contributed by atoms with Gasteiger partial charge in [0.25, 0.3) is 5.91 Å². The summed E-state index contributed by atoms with van der Waals surface area (Å²) >= 11 is 0. The molecule has 1 aromatic rings. The number of allylic oxidation sites excluding steroid dienone is 2. The molecule has 1 aliphatic carbocycles. The molecule has 0 aromatic heterocycles. The van der Waals surface area contributed by atoms with Gasteiger partial charge in [-0.1, -0.05) is 24.3 Å². The monoisotopic (exact) mass is 374 g/mol. The number of carbonyl (C=O) groups excluding carboxylic acids is 4. The Morgan fingerprint density at radius 1 is 1.19 bits per heavy atom. The summed E-state index contributed by atoms with van der Waals surface area (Å²) in [6.07, 6.45) is 4.65. The zero-order valence-electron chi connectivity index (χ0n) is 14.7. The van der Waals surface area contributed by atoms with Crippen molar-refractivity contribution in [1.82, 2.24) is 4.90 Å². The second-order valence-corrected chi connectivity index (χ2v) is 6.51. The maximum atomic E-state index is 13.5. The van der Waals surface area contributed by atoms with Gasteiger partial charge in [-0.2, -0.15) is 0 Å². The first-order valence-corrected chi connectivity index (χ1v) is 8.63. The molecule has 0 bridgehead atoms. The molecule has 1 fully saturated rings. The number of carbonyl (C=O) groups is 4. The Morgan fingerprint density at radius 3 is 2.37 bits per heavy atom. The summed E-state index contributed by atoms with van der Waals surface area (Å²) in [4.78, 5) is 49.9. The van der Waals surface area contributed by atoms with Crippen molar-refractivity contribution in [3.05, 3.63) is 42.2 Å². The van der Waals surface area contributed by atoms with Crippen LogP contribution in [0.3, 0.4) is 0 Å². The second-order valence-electron chi connectivity index (χ2n) is 6.51. The van der Waals surface area contributed by atoms with E-state index in [1.54, 1.807) is 6.07 Å². The molecule has 3 atom stereocenters. The quantitative estimate of drug-likeness (QED) is 0.481. The van der Waals surface area contributed by atoms with E-state index in [4.69, 9.17) is 4.74 Å². The average Bonchev–Trinajstić information content (AvgIpc) is 2.92. The molecule has 1 saturated heterocycles. The summed E-state index contributed by atoms with van der Waals surface area (Å²) in [6, 6.07) is 4.45. The Morgan fingerprint density at radius 2 is 1.78 bits per heavy atom. The predicted octanol–water partition coefficient (Wildman–Crippen LogP) is 1.65. The molecule has 142 valence electrons. The van der Waals surface area contributed by atoms with Crippen LogP contribution in [0.25, 0.3) is 0 Å². The van der Waals surface area contributed by atoms with Crippen LogP contribution in [-0.4, -0.2) is 41.2 Å². The topological polar surface area (TPSA) is 92.8 Å². The van der Waals surface area contributed by atoms with Crippen LogP contribution in [0.15, 0.2) is 36.4 Å². The highest BCUT2D eigenvalue weighted by atomic mass is 19.1. The van der Waals surface area contributed by atoms with E-state index < -0.39 is 54.0 Å². The lowest BCUT2D eigenvalue weighted by Gasteiger charge is -2.21. The van der Waals surface area contributed by atoms with Crippen molar-refractivity contribution in [3.8, 4) is 0 Å². The van der Waals surface area contributed by atoms with E-state index in [1.807, 2.05) is 12.2 Å². The van der Waals surface area contributed by atoms with Crippen LogP contribution in [0.5, 0.6) is 0 Å². The number of para-hydroxylation sites is 1. The molecular weight excluding hydrogens is 355 g/mol. The number of likely N-dealkylation sites (tertiary alicyclic amines) is 1. The van der Waals surface area contributed by atoms with Gasteiger partial charge in [-0.25, -0.2) is 9.18 Å². The van der Waals surface area contributed by atoms with Crippen molar-refractivity contribution >= 4 is 29.4 Å².